The van der Waals surface area contributed by atoms with E-state index in [0.717, 1.165) is 12.8 Å². The molecule has 104 valence electrons. The molecule has 0 radical (unpaired) electrons. The van der Waals surface area contributed by atoms with Gasteiger partial charge < -0.3 is 10.0 Å². The molecule has 2 heteroatoms. The normalized spacial score (nSPS) is 30.1. The molecule has 2 nitrogen and oxygen atoms in total. The highest BCUT2D eigenvalue weighted by Gasteiger charge is 2.37. The van der Waals surface area contributed by atoms with Crippen LogP contribution < -0.4 is 4.90 Å². The maximum Gasteiger partial charge on any atom is 0.116 e. The Morgan fingerprint density at radius 2 is 1.20 bits per heavy atom. The third kappa shape index (κ3) is 2.62. The molecule has 0 spiro atoms. The first-order valence-electron chi connectivity index (χ1n) is 7.37. The number of aliphatic hydroxyl groups excluding tert-OH is 1. The van der Waals surface area contributed by atoms with Crippen LogP contribution in [0.25, 0.3) is 0 Å². The lowest BCUT2D eigenvalue weighted by Gasteiger charge is -2.39. The number of hydrogen-bond donors (Lipinski definition) is 2. The molecule has 1 aliphatic rings. The predicted octanol–water partition coefficient (Wildman–Crippen LogP) is 2.14. The summed E-state index contributed by atoms with van der Waals surface area (Å²) in [5.41, 5.74) is 2.65. The molecule has 0 bridgehead atoms. The van der Waals surface area contributed by atoms with Crippen molar-refractivity contribution in [1.29, 1.82) is 0 Å². The molecule has 2 unspecified atom stereocenters. The molecule has 1 saturated heterocycles. The van der Waals surface area contributed by atoms with E-state index < -0.39 is 0 Å². The van der Waals surface area contributed by atoms with Crippen molar-refractivity contribution in [3.63, 3.8) is 0 Å². The summed E-state index contributed by atoms with van der Waals surface area (Å²) in [6, 6.07) is 21.9. The van der Waals surface area contributed by atoms with Crippen molar-refractivity contribution in [2.45, 2.75) is 31.0 Å². The fourth-order valence-electron chi connectivity index (χ4n) is 3.42. The summed E-state index contributed by atoms with van der Waals surface area (Å²) >= 11 is 0. The number of quaternary nitrogens is 1. The fraction of sp³-hybridized carbons (Fsp3) is 0.333. The van der Waals surface area contributed by atoms with Crippen LogP contribution in [0.1, 0.15) is 36.1 Å². The zero-order valence-corrected chi connectivity index (χ0v) is 11.9. The van der Waals surface area contributed by atoms with Gasteiger partial charge in [-0.05, 0) is 0 Å². The lowest BCUT2D eigenvalue weighted by Crippen LogP contribution is -3.11. The van der Waals surface area contributed by atoms with Crippen LogP contribution >= 0.6 is 0 Å². The molecular weight excluding hydrogens is 246 g/mol. The van der Waals surface area contributed by atoms with Crippen LogP contribution in [0.4, 0.5) is 0 Å². The molecule has 1 aliphatic heterocycles. The van der Waals surface area contributed by atoms with Gasteiger partial charge in [0.25, 0.3) is 0 Å². The Morgan fingerprint density at radius 3 is 1.60 bits per heavy atom. The van der Waals surface area contributed by atoms with Crippen LogP contribution in [0.5, 0.6) is 0 Å². The Bertz CT molecular complexity index is 490. The number of nitrogens with one attached hydrogen (secondary N) is 1. The minimum atomic E-state index is -0.214. The molecule has 2 aromatic rings. The smallest absolute Gasteiger partial charge is 0.116 e. The minimum absolute atomic E-state index is 0.214. The molecule has 1 heterocycles. The quantitative estimate of drug-likeness (QED) is 0.857. The molecule has 3 rings (SSSR count). The molecule has 0 aliphatic carbocycles. The standard InChI is InChI=1S/C18H21NO/c1-19-17(14-8-4-2-5-9-14)12-16(20)13-18(19)15-10-6-3-7-11-15/h2-11,16-18,20H,12-13H2,1H3/p+1/t16?,17-,18+. The van der Waals surface area contributed by atoms with Gasteiger partial charge in [-0.1, -0.05) is 60.7 Å². The minimum Gasteiger partial charge on any atom is -0.393 e. The third-order valence-corrected chi connectivity index (χ3v) is 4.52. The number of rotatable bonds is 2. The monoisotopic (exact) mass is 268 g/mol. The summed E-state index contributed by atoms with van der Waals surface area (Å²) in [6.07, 6.45) is 1.48. The van der Waals surface area contributed by atoms with Crippen molar-refractivity contribution < 1.29 is 10.0 Å². The second kappa shape index (κ2) is 5.78. The van der Waals surface area contributed by atoms with E-state index in [9.17, 15) is 5.11 Å². The van der Waals surface area contributed by atoms with Crippen molar-refractivity contribution in [1.82, 2.24) is 0 Å². The van der Waals surface area contributed by atoms with Gasteiger partial charge in [-0.3, -0.25) is 0 Å². The molecule has 1 fully saturated rings. The molecule has 2 N–H and O–H groups in total. The highest BCUT2D eigenvalue weighted by molar-refractivity contribution is 5.20. The highest BCUT2D eigenvalue weighted by Crippen LogP contribution is 2.28. The van der Waals surface area contributed by atoms with Crippen molar-refractivity contribution in [2.75, 3.05) is 7.05 Å². The fourth-order valence-corrected chi connectivity index (χ4v) is 3.42. The number of aliphatic hydroxyl groups is 1. The maximum atomic E-state index is 10.3. The molecule has 0 aromatic heterocycles. The van der Waals surface area contributed by atoms with E-state index in [-0.39, 0.29) is 6.10 Å². The van der Waals surface area contributed by atoms with E-state index in [4.69, 9.17) is 0 Å². The maximum absolute atomic E-state index is 10.3. The van der Waals surface area contributed by atoms with E-state index in [0.29, 0.717) is 12.1 Å². The van der Waals surface area contributed by atoms with E-state index in [1.165, 1.54) is 16.0 Å². The van der Waals surface area contributed by atoms with Gasteiger partial charge in [0.05, 0.1) is 13.2 Å². The van der Waals surface area contributed by atoms with E-state index in [1.807, 2.05) is 12.1 Å². The Hall–Kier alpha value is -1.64. The molecular formula is C18H22NO+. The summed E-state index contributed by atoms with van der Waals surface area (Å²) in [5.74, 6) is 0. The Labute approximate surface area is 120 Å². The van der Waals surface area contributed by atoms with Gasteiger partial charge >= 0.3 is 0 Å². The number of piperidine rings is 1. The van der Waals surface area contributed by atoms with Gasteiger partial charge in [-0.15, -0.1) is 0 Å². The van der Waals surface area contributed by atoms with Crippen LogP contribution in [0.2, 0.25) is 0 Å². The van der Waals surface area contributed by atoms with Crippen molar-refractivity contribution in [3.05, 3.63) is 71.8 Å². The number of likely N-dealkylation sites (tertiary alicyclic amines) is 1. The first-order chi connectivity index (χ1) is 9.75. The average Bonchev–Trinajstić information content (AvgIpc) is 2.51. The summed E-state index contributed by atoms with van der Waals surface area (Å²) in [6.45, 7) is 0. The van der Waals surface area contributed by atoms with Gasteiger partial charge in [0, 0.05) is 24.0 Å². The summed E-state index contributed by atoms with van der Waals surface area (Å²) in [5, 5.41) is 10.3. The van der Waals surface area contributed by atoms with Crippen LogP contribution in [-0.2, 0) is 0 Å². The molecule has 2 aromatic carbocycles. The Morgan fingerprint density at radius 1 is 0.800 bits per heavy atom. The lowest BCUT2D eigenvalue weighted by molar-refractivity contribution is -0.950. The predicted molar refractivity (Wildman–Crippen MR) is 80.5 cm³/mol. The van der Waals surface area contributed by atoms with E-state index in [2.05, 4.69) is 55.6 Å². The molecule has 4 atom stereocenters. The van der Waals surface area contributed by atoms with Crippen LogP contribution in [0, 0.1) is 0 Å². The van der Waals surface area contributed by atoms with Crippen molar-refractivity contribution >= 4 is 0 Å². The zero-order valence-electron chi connectivity index (χ0n) is 11.9. The summed E-state index contributed by atoms with van der Waals surface area (Å²) in [7, 11) is 2.25. The van der Waals surface area contributed by atoms with Gasteiger partial charge in [-0.2, -0.15) is 0 Å². The van der Waals surface area contributed by atoms with Gasteiger partial charge in [0.1, 0.15) is 12.1 Å². The highest BCUT2D eigenvalue weighted by atomic mass is 16.3. The average molecular weight is 268 g/mol. The topological polar surface area (TPSA) is 24.7 Å². The van der Waals surface area contributed by atoms with E-state index >= 15 is 0 Å². The van der Waals surface area contributed by atoms with Gasteiger partial charge in [-0.25, -0.2) is 0 Å². The number of benzene rings is 2. The van der Waals surface area contributed by atoms with Gasteiger partial charge in [0.15, 0.2) is 0 Å². The first kappa shape index (κ1) is 13.3. The van der Waals surface area contributed by atoms with Crippen LogP contribution in [0.3, 0.4) is 0 Å². The first-order valence-corrected chi connectivity index (χ1v) is 7.37. The molecule has 20 heavy (non-hydrogen) atoms. The van der Waals surface area contributed by atoms with Crippen LogP contribution in [0.15, 0.2) is 60.7 Å². The second-order valence-electron chi connectivity index (χ2n) is 5.80. The molecule has 0 saturated carbocycles. The van der Waals surface area contributed by atoms with Gasteiger partial charge in [0.2, 0.25) is 0 Å². The summed E-state index contributed by atoms with van der Waals surface area (Å²) < 4.78 is 0. The van der Waals surface area contributed by atoms with Crippen LogP contribution in [-0.4, -0.2) is 18.3 Å². The van der Waals surface area contributed by atoms with Crippen molar-refractivity contribution in [2.24, 2.45) is 0 Å². The lowest BCUT2D eigenvalue weighted by atomic mass is 9.86. The molecule has 0 amide bonds. The van der Waals surface area contributed by atoms with E-state index in [1.54, 1.807) is 0 Å². The zero-order chi connectivity index (χ0) is 13.9. The SMILES string of the molecule is C[NH+]1[C@@H](c2ccccc2)CC(O)C[C@H]1c1ccccc1. The number of hydrogen-bond acceptors (Lipinski definition) is 1. The summed E-state index contributed by atoms with van der Waals surface area (Å²) in [4.78, 5) is 1.48. The largest absolute Gasteiger partial charge is 0.393 e. The Balaban J connectivity index is 1.90. The Kier molecular flexibility index (Phi) is 3.86. The third-order valence-electron chi connectivity index (χ3n) is 4.52. The second-order valence-corrected chi connectivity index (χ2v) is 5.80. The van der Waals surface area contributed by atoms with Crippen molar-refractivity contribution in [3.8, 4) is 0 Å².